The smallest absolute Gasteiger partial charge is 0.306 e. The molecular weight excluding hydrogens is 266 g/mol. The Morgan fingerprint density at radius 3 is 2.48 bits per heavy atom. The lowest BCUT2D eigenvalue weighted by atomic mass is 9.84. The molecule has 4 nitrogen and oxygen atoms in total. The van der Waals surface area contributed by atoms with Crippen LogP contribution in [0.15, 0.2) is 30.3 Å². The van der Waals surface area contributed by atoms with Gasteiger partial charge in [-0.2, -0.15) is 0 Å². The van der Waals surface area contributed by atoms with E-state index in [0.717, 1.165) is 12.0 Å². The van der Waals surface area contributed by atoms with Gasteiger partial charge in [0, 0.05) is 11.5 Å². The molecule has 0 bridgehead atoms. The Hall–Kier alpha value is -1.84. The number of carboxylic acids is 1. The largest absolute Gasteiger partial charge is 0.481 e. The minimum absolute atomic E-state index is 0.00221. The van der Waals surface area contributed by atoms with Crippen molar-refractivity contribution < 1.29 is 14.7 Å². The number of aliphatic carboxylic acids is 1. The Morgan fingerprint density at radius 1 is 1.24 bits per heavy atom. The number of amides is 1. The highest BCUT2D eigenvalue weighted by atomic mass is 16.4. The first kappa shape index (κ1) is 15.5. The van der Waals surface area contributed by atoms with Gasteiger partial charge in [-0.3, -0.25) is 9.59 Å². The van der Waals surface area contributed by atoms with Crippen molar-refractivity contribution in [3.63, 3.8) is 0 Å². The maximum Gasteiger partial charge on any atom is 0.306 e. The third-order valence-corrected chi connectivity index (χ3v) is 4.22. The monoisotopic (exact) mass is 289 g/mol. The molecule has 2 N–H and O–H groups in total. The van der Waals surface area contributed by atoms with E-state index in [1.165, 1.54) is 0 Å². The molecule has 2 atom stereocenters. The van der Waals surface area contributed by atoms with E-state index in [1.54, 1.807) is 0 Å². The molecule has 0 spiro atoms. The maximum absolute atomic E-state index is 12.4. The normalized spacial score (nSPS) is 22.0. The van der Waals surface area contributed by atoms with E-state index >= 15 is 0 Å². The van der Waals surface area contributed by atoms with Crippen molar-refractivity contribution in [2.75, 3.05) is 0 Å². The van der Waals surface area contributed by atoms with Crippen LogP contribution in [0.3, 0.4) is 0 Å². The molecule has 1 aromatic rings. The molecule has 114 valence electrons. The fourth-order valence-electron chi connectivity index (χ4n) is 2.90. The van der Waals surface area contributed by atoms with Gasteiger partial charge in [-0.1, -0.05) is 44.2 Å². The molecule has 0 aliphatic heterocycles. The highest BCUT2D eigenvalue weighted by Crippen LogP contribution is 2.28. The van der Waals surface area contributed by atoms with Crippen LogP contribution in [-0.4, -0.2) is 23.0 Å². The van der Waals surface area contributed by atoms with Crippen LogP contribution in [0.4, 0.5) is 0 Å². The molecule has 4 heteroatoms. The number of hydrogen-bond acceptors (Lipinski definition) is 2. The van der Waals surface area contributed by atoms with E-state index in [4.69, 9.17) is 5.11 Å². The molecule has 0 unspecified atom stereocenters. The number of carboxylic acid groups (broad SMARTS) is 1. The fraction of sp³-hybridized carbons (Fsp3) is 0.529. The molecule has 0 saturated heterocycles. The molecule has 0 heterocycles. The molecular formula is C17H23NO3. The molecule has 0 aromatic heterocycles. The van der Waals surface area contributed by atoms with Crippen molar-refractivity contribution in [3.05, 3.63) is 35.9 Å². The number of hydrogen-bond donors (Lipinski definition) is 2. The van der Waals surface area contributed by atoms with E-state index in [2.05, 4.69) is 5.32 Å². The van der Waals surface area contributed by atoms with Crippen LogP contribution >= 0.6 is 0 Å². The average molecular weight is 289 g/mol. The first-order chi connectivity index (χ1) is 9.88. The highest BCUT2D eigenvalue weighted by molar-refractivity contribution is 5.82. The number of benzene rings is 1. The Morgan fingerprint density at radius 2 is 1.90 bits per heavy atom. The lowest BCUT2D eigenvalue weighted by Gasteiger charge is -2.26. The van der Waals surface area contributed by atoms with Gasteiger partial charge in [-0.25, -0.2) is 0 Å². The zero-order chi connectivity index (χ0) is 15.5. The topological polar surface area (TPSA) is 66.4 Å². The van der Waals surface area contributed by atoms with Crippen molar-refractivity contribution in [2.24, 2.45) is 11.3 Å². The van der Waals surface area contributed by atoms with E-state index in [9.17, 15) is 9.59 Å². The maximum atomic E-state index is 12.4. The Balaban J connectivity index is 1.91. The molecule has 1 fully saturated rings. The molecule has 1 saturated carbocycles. The zero-order valence-electron chi connectivity index (χ0n) is 12.6. The molecule has 2 rings (SSSR count). The third-order valence-electron chi connectivity index (χ3n) is 4.22. The van der Waals surface area contributed by atoms with Crippen LogP contribution in [0.2, 0.25) is 0 Å². The Labute approximate surface area is 125 Å². The second-order valence-electron chi connectivity index (χ2n) is 6.56. The van der Waals surface area contributed by atoms with Crippen molar-refractivity contribution in [1.82, 2.24) is 5.32 Å². The zero-order valence-corrected chi connectivity index (χ0v) is 12.6. The highest BCUT2D eigenvalue weighted by Gasteiger charge is 2.34. The second-order valence-corrected chi connectivity index (χ2v) is 6.56. The van der Waals surface area contributed by atoms with Gasteiger partial charge in [0.05, 0.1) is 5.92 Å². The van der Waals surface area contributed by atoms with Crippen molar-refractivity contribution in [3.8, 4) is 0 Å². The summed E-state index contributed by atoms with van der Waals surface area (Å²) >= 11 is 0. The van der Waals surface area contributed by atoms with Crippen LogP contribution < -0.4 is 5.32 Å². The fourth-order valence-corrected chi connectivity index (χ4v) is 2.90. The van der Waals surface area contributed by atoms with Gasteiger partial charge in [0.2, 0.25) is 5.91 Å². The molecule has 0 radical (unpaired) electrons. The standard InChI is InChI=1S/C17H23NO3/c1-17(2,11-12-6-4-3-5-7-12)16(21)18-14-9-8-13(10-14)15(19)20/h3-7,13-14H,8-11H2,1-2H3,(H,18,21)(H,19,20)/t13-,14+/m1/s1. The van der Waals surface area contributed by atoms with E-state index in [-0.39, 0.29) is 17.9 Å². The lowest BCUT2D eigenvalue weighted by molar-refractivity contribution is -0.141. The van der Waals surface area contributed by atoms with Crippen LogP contribution in [0.1, 0.15) is 38.7 Å². The predicted molar refractivity (Wildman–Crippen MR) is 80.8 cm³/mol. The summed E-state index contributed by atoms with van der Waals surface area (Å²) in [5.74, 6) is -1.06. The number of carbonyl (C=O) groups excluding carboxylic acids is 1. The summed E-state index contributed by atoms with van der Waals surface area (Å²) in [7, 11) is 0. The summed E-state index contributed by atoms with van der Waals surface area (Å²) in [4.78, 5) is 23.4. The number of carbonyl (C=O) groups is 2. The minimum Gasteiger partial charge on any atom is -0.481 e. The van der Waals surface area contributed by atoms with E-state index in [1.807, 2.05) is 44.2 Å². The molecule has 1 aliphatic rings. The van der Waals surface area contributed by atoms with E-state index in [0.29, 0.717) is 19.3 Å². The quantitative estimate of drug-likeness (QED) is 0.875. The SMILES string of the molecule is CC(C)(Cc1ccccc1)C(=O)N[C@H]1CC[C@@H](C(=O)O)C1. The number of rotatable bonds is 5. The Bertz CT molecular complexity index is 510. The molecule has 1 aromatic carbocycles. The van der Waals surface area contributed by atoms with Gasteiger partial charge in [-0.05, 0) is 31.2 Å². The third kappa shape index (κ3) is 4.06. The van der Waals surface area contributed by atoms with Gasteiger partial charge in [0.1, 0.15) is 0 Å². The van der Waals surface area contributed by atoms with E-state index < -0.39 is 11.4 Å². The first-order valence-electron chi connectivity index (χ1n) is 7.46. The first-order valence-corrected chi connectivity index (χ1v) is 7.46. The van der Waals surface area contributed by atoms with Crippen molar-refractivity contribution >= 4 is 11.9 Å². The summed E-state index contributed by atoms with van der Waals surface area (Å²) in [6.07, 6.45) is 2.63. The van der Waals surface area contributed by atoms with Gasteiger partial charge < -0.3 is 10.4 Å². The summed E-state index contributed by atoms with van der Waals surface area (Å²) in [5.41, 5.74) is 0.635. The van der Waals surface area contributed by atoms with Gasteiger partial charge in [0.25, 0.3) is 0 Å². The second kappa shape index (κ2) is 6.29. The van der Waals surface area contributed by atoms with Crippen LogP contribution in [0, 0.1) is 11.3 Å². The summed E-state index contributed by atoms with van der Waals surface area (Å²) in [6.45, 7) is 3.86. The lowest BCUT2D eigenvalue weighted by Crippen LogP contribution is -2.43. The van der Waals surface area contributed by atoms with Gasteiger partial charge >= 0.3 is 5.97 Å². The van der Waals surface area contributed by atoms with Crippen molar-refractivity contribution in [1.29, 1.82) is 0 Å². The van der Waals surface area contributed by atoms with Crippen molar-refractivity contribution in [2.45, 2.75) is 45.6 Å². The van der Waals surface area contributed by atoms with Gasteiger partial charge in [-0.15, -0.1) is 0 Å². The average Bonchev–Trinajstić information content (AvgIpc) is 2.88. The minimum atomic E-state index is -0.754. The summed E-state index contributed by atoms with van der Waals surface area (Å²) in [5, 5.41) is 12.0. The Kier molecular flexibility index (Phi) is 4.66. The number of nitrogens with one attached hydrogen (secondary N) is 1. The molecule has 1 amide bonds. The van der Waals surface area contributed by atoms with Crippen LogP contribution in [0.5, 0.6) is 0 Å². The molecule has 21 heavy (non-hydrogen) atoms. The summed E-state index contributed by atoms with van der Waals surface area (Å²) < 4.78 is 0. The predicted octanol–water partition coefficient (Wildman–Crippen LogP) is 2.62. The summed E-state index contributed by atoms with van der Waals surface area (Å²) in [6, 6.07) is 9.93. The van der Waals surface area contributed by atoms with Crippen LogP contribution in [0.25, 0.3) is 0 Å². The molecule has 1 aliphatic carbocycles. The van der Waals surface area contributed by atoms with Crippen LogP contribution in [-0.2, 0) is 16.0 Å². The van der Waals surface area contributed by atoms with Gasteiger partial charge in [0.15, 0.2) is 0 Å².